The zero-order valence-corrected chi connectivity index (χ0v) is 18.6. The third kappa shape index (κ3) is 4.60. The largest absolute Gasteiger partial charge is 0.496 e. The molecule has 0 saturated carbocycles. The molecule has 2 heterocycles. The van der Waals surface area contributed by atoms with Crippen LogP contribution in [0, 0.1) is 12.7 Å². The van der Waals surface area contributed by atoms with Gasteiger partial charge in [-0.1, -0.05) is 0 Å². The third-order valence-electron chi connectivity index (χ3n) is 5.17. The molecule has 0 unspecified atom stereocenters. The van der Waals surface area contributed by atoms with Gasteiger partial charge in [-0.15, -0.1) is 0 Å². The SMILES string of the molecule is COc1ccc(Nc2nc(Nc3cc(NCCN)cc4[nH]ccc34)ncc2F)c(OC)c1C. The highest BCUT2D eigenvalue weighted by molar-refractivity contribution is 5.96. The summed E-state index contributed by atoms with van der Waals surface area (Å²) in [5.41, 5.74) is 9.53. The number of nitrogens with one attached hydrogen (secondary N) is 4. The van der Waals surface area contributed by atoms with Crippen LogP contribution in [0.2, 0.25) is 0 Å². The molecule has 172 valence electrons. The van der Waals surface area contributed by atoms with Crippen molar-refractivity contribution in [2.45, 2.75) is 6.92 Å². The van der Waals surface area contributed by atoms with Crippen LogP contribution < -0.4 is 31.2 Å². The van der Waals surface area contributed by atoms with Crippen LogP contribution in [0.15, 0.2) is 42.7 Å². The molecule has 2 aromatic heterocycles. The first-order valence-electron chi connectivity index (χ1n) is 10.4. The molecule has 4 aromatic rings. The number of nitrogens with two attached hydrogens (primary N) is 1. The number of halogens is 1. The van der Waals surface area contributed by atoms with Gasteiger partial charge in [-0.05, 0) is 37.3 Å². The van der Waals surface area contributed by atoms with Gasteiger partial charge in [0.2, 0.25) is 5.95 Å². The molecule has 0 aliphatic heterocycles. The molecule has 0 aliphatic rings. The van der Waals surface area contributed by atoms with Gasteiger partial charge in [0.1, 0.15) is 11.5 Å². The van der Waals surface area contributed by atoms with E-state index in [9.17, 15) is 4.39 Å². The maximum absolute atomic E-state index is 14.6. The summed E-state index contributed by atoms with van der Waals surface area (Å²) in [6.07, 6.45) is 2.96. The lowest BCUT2D eigenvalue weighted by molar-refractivity contribution is 0.390. The monoisotopic (exact) mass is 451 g/mol. The number of benzene rings is 2. The van der Waals surface area contributed by atoms with E-state index in [1.54, 1.807) is 26.4 Å². The number of methoxy groups -OCH3 is 2. The molecule has 4 rings (SSSR count). The summed E-state index contributed by atoms with van der Waals surface area (Å²) in [6.45, 7) is 3.01. The second-order valence-corrected chi connectivity index (χ2v) is 7.29. The highest BCUT2D eigenvalue weighted by Crippen LogP contribution is 2.37. The fourth-order valence-electron chi connectivity index (χ4n) is 3.61. The quantitative estimate of drug-likeness (QED) is 0.256. The summed E-state index contributed by atoms with van der Waals surface area (Å²) < 4.78 is 25.4. The molecular formula is C23H26FN7O2. The first-order valence-corrected chi connectivity index (χ1v) is 10.4. The van der Waals surface area contributed by atoms with Crippen LogP contribution in [0.25, 0.3) is 10.9 Å². The molecule has 0 aliphatic carbocycles. The number of hydrogen-bond acceptors (Lipinski definition) is 8. The Balaban J connectivity index is 1.65. The van der Waals surface area contributed by atoms with Crippen LogP contribution in [0.1, 0.15) is 5.56 Å². The second-order valence-electron chi connectivity index (χ2n) is 7.29. The minimum atomic E-state index is -0.596. The average molecular weight is 452 g/mol. The lowest BCUT2D eigenvalue weighted by atomic mass is 10.1. The number of aromatic amines is 1. The molecule has 2 aromatic carbocycles. The van der Waals surface area contributed by atoms with Gasteiger partial charge in [-0.2, -0.15) is 4.98 Å². The predicted octanol–water partition coefficient (Wildman–Crippen LogP) is 4.28. The number of hydrogen-bond donors (Lipinski definition) is 5. The van der Waals surface area contributed by atoms with Gasteiger partial charge < -0.3 is 36.1 Å². The Kier molecular flexibility index (Phi) is 6.45. The van der Waals surface area contributed by atoms with Crippen molar-refractivity contribution in [3.8, 4) is 11.5 Å². The number of rotatable bonds is 9. The molecular weight excluding hydrogens is 425 g/mol. The zero-order chi connectivity index (χ0) is 23.4. The van der Waals surface area contributed by atoms with E-state index in [1.165, 1.54) is 0 Å². The minimum Gasteiger partial charge on any atom is -0.496 e. The van der Waals surface area contributed by atoms with Crippen LogP contribution in [0.4, 0.5) is 33.2 Å². The fourth-order valence-corrected chi connectivity index (χ4v) is 3.61. The van der Waals surface area contributed by atoms with Crippen LogP contribution in [-0.2, 0) is 0 Å². The first kappa shape index (κ1) is 22.2. The fraction of sp³-hybridized carbons (Fsp3) is 0.217. The summed E-state index contributed by atoms with van der Waals surface area (Å²) >= 11 is 0. The number of H-pyrrole nitrogens is 1. The van der Waals surface area contributed by atoms with Crippen molar-refractivity contribution in [3.05, 3.63) is 54.1 Å². The van der Waals surface area contributed by atoms with Crippen molar-refractivity contribution in [2.75, 3.05) is 43.3 Å². The number of ether oxygens (including phenoxy) is 2. The molecule has 0 fully saturated rings. The maximum Gasteiger partial charge on any atom is 0.229 e. The van der Waals surface area contributed by atoms with E-state index >= 15 is 0 Å². The van der Waals surface area contributed by atoms with Crippen LogP contribution >= 0.6 is 0 Å². The minimum absolute atomic E-state index is 0.0121. The molecule has 0 spiro atoms. The van der Waals surface area contributed by atoms with Gasteiger partial charge in [0.15, 0.2) is 11.6 Å². The number of anilines is 5. The summed E-state index contributed by atoms with van der Waals surface area (Å²) in [5, 5.41) is 10.4. The highest BCUT2D eigenvalue weighted by Gasteiger charge is 2.15. The van der Waals surface area contributed by atoms with Crippen molar-refractivity contribution in [2.24, 2.45) is 5.73 Å². The first-order chi connectivity index (χ1) is 16.0. The molecule has 9 nitrogen and oxygen atoms in total. The normalized spacial score (nSPS) is 10.8. The van der Waals surface area contributed by atoms with E-state index in [0.29, 0.717) is 30.3 Å². The third-order valence-corrected chi connectivity index (χ3v) is 5.17. The van der Waals surface area contributed by atoms with Crippen molar-refractivity contribution >= 4 is 39.7 Å². The van der Waals surface area contributed by atoms with E-state index in [4.69, 9.17) is 15.2 Å². The summed E-state index contributed by atoms with van der Waals surface area (Å²) in [6, 6.07) is 9.39. The number of nitrogens with zero attached hydrogens (tertiary/aromatic N) is 2. The molecule has 0 atom stereocenters. The number of fused-ring (bicyclic) bond motifs is 1. The van der Waals surface area contributed by atoms with Gasteiger partial charge in [0.05, 0.1) is 31.8 Å². The Morgan fingerprint density at radius 1 is 1.09 bits per heavy atom. The van der Waals surface area contributed by atoms with Gasteiger partial charge in [0, 0.05) is 41.4 Å². The lowest BCUT2D eigenvalue weighted by Crippen LogP contribution is -2.13. The Morgan fingerprint density at radius 3 is 2.70 bits per heavy atom. The average Bonchev–Trinajstić information content (AvgIpc) is 3.29. The topological polar surface area (TPSA) is 122 Å². The van der Waals surface area contributed by atoms with Gasteiger partial charge >= 0.3 is 0 Å². The van der Waals surface area contributed by atoms with Gasteiger partial charge in [0.25, 0.3) is 0 Å². The molecule has 0 radical (unpaired) electrons. The van der Waals surface area contributed by atoms with Crippen molar-refractivity contribution in [1.29, 1.82) is 0 Å². The second kappa shape index (κ2) is 9.61. The summed E-state index contributed by atoms with van der Waals surface area (Å²) in [4.78, 5) is 11.6. The molecule has 10 heteroatoms. The Morgan fingerprint density at radius 2 is 1.94 bits per heavy atom. The number of aromatic nitrogens is 3. The van der Waals surface area contributed by atoms with Crippen LogP contribution in [-0.4, -0.2) is 42.3 Å². The van der Waals surface area contributed by atoms with Gasteiger partial charge in [-0.25, -0.2) is 9.37 Å². The summed E-state index contributed by atoms with van der Waals surface area (Å²) in [5.74, 6) is 0.858. The molecule has 0 amide bonds. The smallest absolute Gasteiger partial charge is 0.229 e. The molecule has 6 N–H and O–H groups in total. The van der Waals surface area contributed by atoms with E-state index in [0.717, 1.165) is 34.0 Å². The van der Waals surface area contributed by atoms with Crippen molar-refractivity contribution < 1.29 is 13.9 Å². The highest BCUT2D eigenvalue weighted by atomic mass is 19.1. The molecule has 33 heavy (non-hydrogen) atoms. The summed E-state index contributed by atoms with van der Waals surface area (Å²) in [7, 11) is 3.13. The van der Waals surface area contributed by atoms with Crippen LogP contribution in [0.3, 0.4) is 0 Å². The maximum atomic E-state index is 14.6. The lowest BCUT2D eigenvalue weighted by Gasteiger charge is -2.16. The Hall–Kier alpha value is -4.05. The van der Waals surface area contributed by atoms with E-state index in [2.05, 4.69) is 30.9 Å². The van der Waals surface area contributed by atoms with Crippen molar-refractivity contribution in [3.63, 3.8) is 0 Å². The van der Waals surface area contributed by atoms with Gasteiger partial charge in [-0.3, -0.25) is 0 Å². The van der Waals surface area contributed by atoms with Crippen LogP contribution in [0.5, 0.6) is 11.5 Å². The zero-order valence-electron chi connectivity index (χ0n) is 18.6. The van der Waals surface area contributed by atoms with E-state index in [-0.39, 0.29) is 11.8 Å². The van der Waals surface area contributed by atoms with E-state index < -0.39 is 5.82 Å². The Bertz CT molecular complexity index is 1280. The van der Waals surface area contributed by atoms with E-state index in [1.807, 2.05) is 31.3 Å². The standard InChI is InChI=1S/C23H26FN7O2/c1-13-20(32-2)5-4-17(21(13)33-3)29-22-16(24)12-28-23(31-22)30-19-11-14(26-9-7-25)10-18-15(19)6-8-27-18/h4-6,8,10-12,26-27H,7,9,25H2,1-3H3,(H2,28,29,30,31). The molecule has 0 saturated heterocycles. The van der Waals surface area contributed by atoms with Crippen molar-refractivity contribution in [1.82, 2.24) is 15.0 Å². The molecule has 0 bridgehead atoms. The predicted molar refractivity (Wildman–Crippen MR) is 129 cm³/mol. The Labute approximate surface area is 190 Å².